The van der Waals surface area contributed by atoms with Crippen LogP contribution in [-0.2, 0) is 16.0 Å². The van der Waals surface area contributed by atoms with Crippen LogP contribution in [0.15, 0.2) is 23.7 Å². The molecule has 29 heavy (non-hydrogen) atoms. The Kier molecular flexibility index (Phi) is 5.51. The second-order valence-electron chi connectivity index (χ2n) is 9.05. The zero-order chi connectivity index (χ0) is 20.6. The highest BCUT2D eigenvalue weighted by atomic mass is 32.1. The highest BCUT2D eigenvalue weighted by Gasteiger charge is 2.43. The first-order valence-corrected chi connectivity index (χ1v) is 11.3. The summed E-state index contributed by atoms with van der Waals surface area (Å²) < 4.78 is 6.76. The molecule has 0 bridgehead atoms. The molecule has 2 fully saturated rings. The molecule has 4 rings (SSSR count). The number of hydrogen-bond donors (Lipinski definition) is 0. The van der Waals surface area contributed by atoms with E-state index in [4.69, 9.17) is 4.74 Å². The molecule has 2 saturated heterocycles. The Morgan fingerprint density at radius 3 is 2.93 bits per heavy atom. The average Bonchev–Trinajstić information content (AvgIpc) is 3.25. The smallest absolute Gasteiger partial charge is 0.410 e. The van der Waals surface area contributed by atoms with Gasteiger partial charge < -0.3 is 14.5 Å². The van der Waals surface area contributed by atoms with Gasteiger partial charge in [-0.05, 0) is 58.1 Å². The van der Waals surface area contributed by atoms with Crippen molar-refractivity contribution in [2.75, 3.05) is 19.6 Å². The van der Waals surface area contributed by atoms with Gasteiger partial charge in [-0.1, -0.05) is 12.1 Å². The van der Waals surface area contributed by atoms with E-state index >= 15 is 0 Å². The maximum absolute atomic E-state index is 12.8. The highest BCUT2D eigenvalue weighted by molar-refractivity contribution is 7.16. The minimum atomic E-state index is -0.497. The Labute approximate surface area is 175 Å². The molecule has 1 aromatic carbocycles. The number of fused-ring (bicyclic) bond motifs is 2. The number of piperazine rings is 1. The summed E-state index contributed by atoms with van der Waals surface area (Å²) in [6.45, 7) is 7.38. The van der Waals surface area contributed by atoms with E-state index in [1.165, 1.54) is 10.3 Å². The van der Waals surface area contributed by atoms with E-state index in [2.05, 4.69) is 17.1 Å². The van der Waals surface area contributed by atoms with Crippen molar-refractivity contribution in [3.05, 3.63) is 29.3 Å². The van der Waals surface area contributed by atoms with Crippen LogP contribution in [0.4, 0.5) is 4.79 Å². The lowest BCUT2D eigenvalue weighted by molar-refractivity contribution is -0.133. The maximum atomic E-state index is 12.8. The molecule has 0 aliphatic carbocycles. The second-order valence-corrected chi connectivity index (χ2v) is 9.91. The second kappa shape index (κ2) is 7.94. The lowest BCUT2D eigenvalue weighted by Gasteiger charge is -2.38. The highest BCUT2D eigenvalue weighted by Crippen LogP contribution is 2.32. The zero-order valence-corrected chi connectivity index (χ0v) is 18.2. The Balaban J connectivity index is 1.31. The minimum absolute atomic E-state index is 0.0688. The molecule has 3 heterocycles. The normalized spacial score (nSPS) is 22.2. The van der Waals surface area contributed by atoms with Crippen LogP contribution < -0.4 is 0 Å². The van der Waals surface area contributed by atoms with Crippen LogP contribution in [0, 0.1) is 5.92 Å². The summed E-state index contributed by atoms with van der Waals surface area (Å²) in [5.41, 5.74) is 3.78. The first kappa shape index (κ1) is 20.1. The van der Waals surface area contributed by atoms with E-state index in [0.29, 0.717) is 19.6 Å². The van der Waals surface area contributed by atoms with Crippen molar-refractivity contribution < 1.29 is 14.3 Å². The molecule has 2 aliphatic heterocycles. The van der Waals surface area contributed by atoms with Crippen LogP contribution in [0.25, 0.3) is 10.2 Å². The molecule has 2 aliphatic rings. The fourth-order valence-corrected chi connectivity index (χ4v) is 5.26. The van der Waals surface area contributed by atoms with Crippen molar-refractivity contribution >= 4 is 33.6 Å². The van der Waals surface area contributed by atoms with Gasteiger partial charge >= 0.3 is 6.09 Å². The lowest BCUT2D eigenvalue weighted by atomic mass is 9.96. The summed E-state index contributed by atoms with van der Waals surface area (Å²) in [6.07, 6.45) is 3.42. The minimum Gasteiger partial charge on any atom is -0.444 e. The molecule has 156 valence electrons. The Morgan fingerprint density at radius 2 is 2.14 bits per heavy atom. The average molecular weight is 416 g/mol. The van der Waals surface area contributed by atoms with Crippen molar-refractivity contribution in [2.45, 2.75) is 58.1 Å². The summed E-state index contributed by atoms with van der Waals surface area (Å²) in [4.78, 5) is 33.3. The van der Waals surface area contributed by atoms with Crippen molar-refractivity contribution in [1.82, 2.24) is 14.8 Å². The zero-order valence-electron chi connectivity index (χ0n) is 17.4. The van der Waals surface area contributed by atoms with Gasteiger partial charge in [-0.3, -0.25) is 4.79 Å². The Morgan fingerprint density at radius 1 is 1.31 bits per heavy atom. The lowest BCUT2D eigenvalue weighted by Crippen LogP contribution is -2.54. The number of rotatable bonds is 4. The van der Waals surface area contributed by atoms with Crippen molar-refractivity contribution in [2.24, 2.45) is 5.92 Å². The van der Waals surface area contributed by atoms with Crippen LogP contribution in [0.5, 0.6) is 0 Å². The van der Waals surface area contributed by atoms with Gasteiger partial charge in [0.05, 0.1) is 21.8 Å². The number of carbonyl (C=O) groups excluding carboxylic acids is 2. The summed E-state index contributed by atoms with van der Waals surface area (Å²) in [6, 6.07) is 6.39. The van der Waals surface area contributed by atoms with Crippen LogP contribution in [0.3, 0.4) is 0 Å². The molecule has 2 amide bonds. The van der Waals surface area contributed by atoms with Gasteiger partial charge in [-0.2, -0.15) is 0 Å². The predicted octanol–water partition coefficient (Wildman–Crippen LogP) is 4.09. The molecule has 0 radical (unpaired) electrons. The third kappa shape index (κ3) is 4.39. The summed E-state index contributed by atoms with van der Waals surface area (Å²) in [7, 11) is 0. The van der Waals surface area contributed by atoms with Gasteiger partial charge in [-0.15, -0.1) is 11.3 Å². The maximum Gasteiger partial charge on any atom is 0.410 e. The number of aromatic nitrogens is 1. The van der Waals surface area contributed by atoms with E-state index in [0.717, 1.165) is 31.2 Å². The topological polar surface area (TPSA) is 62.7 Å². The van der Waals surface area contributed by atoms with Crippen LogP contribution in [0.2, 0.25) is 0 Å². The van der Waals surface area contributed by atoms with Gasteiger partial charge in [0.15, 0.2) is 0 Å². The molecule has 2 atom stereocenters. The number of benzene rings is 1. The van der Waals surface area contributed by atoms with Gasteiger partial charge in [0.1, 0.15) is 5.60 Å². The van der Waals surface area contributed by atoms with Gasteiger partial charge in [-0.25, -0.2) is 9.78 Å². The van der Waals surface area contributed by atoms with Crippen molar-refractivity contribution in [3.63, 3.8) is 0 Å². The van der Waals surface area contributed by atoms with Crippen molar-refractivity contribution in [3.8, 4) is 0 Å². The van der Waals surface area contributed by atoms with Crippen LogP contribution >= 0.6 is 11.3 Å². The van der Waals surface area contributed by atoms with Crippen molar-refractivity contribution in [1.29, 1.82) is 0 Å². The standard InChI is InChI=1S/C22H29N3O3S/c1-22(2,3)28-21(27)24-10-11-25-17(13-24)12-16(20(25)26)8-4-6-15-7-5-9-18-19(15)29-14-23-18/h5,7,9,14,16-17H,4,6,8,10-13H2,1-3H3/t16-,17+/m1/s1. The number of thiazole rings is 1. The van der Waals surface area contributed by atoms with E-state index in [9.17, 15) is 9.59 Å². The first-order chi connectivity index (χ1) is 13.8. The van der Waals surface area contributed by atoms with E-state index in [-0.39, 0.29) is 24.0 Å². The molecular weight excluding hydrogens is 386 g/mol. The van der Waals surface area contributed by atoms with E-state index in [1.54, 1.807) is 16.2 Å². The molecule has 2 aromatic rings. The molecule has 1 aromatic heterocycles. The third-order valence-electron chi connectivity index (χ3n) is 5.76. The fraction of sp³-hybridized carbons (Fsp3) is 0.591. The molecule has 0 saturated carbocycles. The number of hydrogen-bond acceptors (Lipinski definition) is 5. The number of amides is 2. The Hall–Kier alpha value is -2.15. The van der Waals surface area contributed by atoms with Gasteiger partial charge in [0.2, 0.25) is 5.91 Å². The van der Waals surface area contributed by atoms with E-state index in [1.807, 2.05) is 37.2 Å². The SMILES string of the molecule is CC(C)(C)OC(=O)N1CCN2C(=O)[C@H](CCCc3cccc4ncsc34)C[C@H]2C1. The summed E-state index contributed by atoms with van der Waals surface area (Å²) >= 11 is 1.68. The molecular formula is C22H29N3O3S. The summed E-state index contributed by atoms with van der Waals surface area (Å²) in [5.74, 6) is 0.328. The summed E-state index contributed by atoms with van der Waals surface area (Å²) in [5, 5.41) is 0. The molecule has 7 heteroatoms. The molecule has 0 spiro atoms. The third-order valence-corrected chi connectivity index (χ3v) is 6.68. The predicted molar refractivity (Wildman–Crippen MR) is 114 cm³/mol. The largest absolute Gasteiger partial charge is 0.444 e. The molecule has 6 nitrogen and oxygen atoms in total. The van der Waals surface area contributed by atoms with Crippen LogP contribution in [0.1, 0.15) is 45.6 Å². The van der Waals surface area contributed by atoms with Crippen LogP contribution in [-0.4, -0.2) is 58.1 Å². The van der Waals surface area contributed by atoms with Gasteiger partial charge in [0.25, 0.3) is 0 Å². The number of nitrogens with zero attached hydrogens (tertiary/aromatic N) is 3. The monoisotopic (exact) mass is 415 g/mol. The number of ether oxygens (including phenoxy) is 1. The van der Waals surface area contributed by atoms with Gasteiger partial charge in [0, 0.05) is 25.6 Å². The van der Waals surface area contributed by atoms with E-state index < -0.39 is 5.60 Å². The fourth-order valence-electron chi connectivity index (χ4n) is 4.43. The number of aryl methyl sites for hydroxylation is 1. The molecule has 0 N–H and O–H groups in total. The Bertz CT molecular complexity index is 904. The number of carbonyl (C=O) groups is 2. The molecule has 0 unspecified atom stereocenters. The first-order valence-electron chi connectivity index (χ1n) is 10.4. The quantitative estimate of drug-likeness (QED) is 0.755.